The lowest BCUT2D eigenvalue weighted by Gasteiger charge is -2.18. The molecule has 0 radical (unpaired) electrons. The van der Waals surface area contributed by atoms with Gasteiger partial charge in [0.1, 0.15) is 0 Å². The molecule has 3 N–H and O–H groups in total. The van der Waals surface area contributed by atoms with E-state index in [-0.39, 0.29) is 18.4 Å². The number of methoxy groups -OCH3 is 1. The molecule has 21 heavy (non-hydrogen) atoms. The van der Waals surface area contributed by atoms with Crippen molar-refractivity contribution in [2.75, 3.05) is 39.6 Å². The Morgan fingerprint density at radius 2 is 2.14 bits per heavy atom. The molecule has 1 aromatic rings. The fourth-order valence-corrected chi connectivity index (χ4v) is 2.07. The predicted octanol–water partition coefficient (Wildman–Crippen LogP) is 1.26. The lowest BCUT2D eigenvalue weighted by atomic mass is 10.1. The van der Waals surface area contributed by atoms with Gasteiger partial charge in [0.05, 0.1) is 12.1 Å². The van der Waals surface area contributed by atoms with E-state index in [2.05, 4.69) is 21.2 Å². The molecule has 2 amide bonds. The van der Waals surface area contributed by atoms with Crippen LogP contribution >= 0.6 is 15.9 Å². The number of carbonyl (C=O) groups is 2. The van der Waals surface area contributed by atoms with Gasteiger partial charge >= 0.3 is 0 Å². The Morgan fingerprint density at radius 1 is 1.43 bits per heavy atom. The summed E-state index contributed by atoms with van der Waals surface area (Å²) in [6, 6.07) is 5.05. The number of hydrogen-bond acceptors (Lipinski definition) is 4. The van der Waals surface area contributed by atoms with Crippen molar-refractivity contribution in [3.8, 4) is 0 Å². The smallest absolute Gasteiger partial charge is 0.256 e. The fourth-order valence-electron chi connectivity index (χ4n) is 1.71. The molecule has 0 aliphatic rings. The first kappa shape index (κ1) is 17.5. The Bertz CT molecular complexity index is 508. The number of nitrogens with two attached hydrogens (primary N) is 1. The number of hydrogen-bond donors (Lipinski definition) is 2. The van der Waals surface area contributed by atoms with Gasteiger partial charge < -0.3 is 20.7 Å². The van der Waals surface area contributed by atoms with E-state index in [1.54, 1.807) is 32.4 Å². The second-order valence-electron chi connectivity index (χ2n) is 4.59. The molecule has 0 saturated carbocycles. The summed E-state index contributed by atoms with van der Waals surface area (Å²) < 4.78 is 5.65. The number of carbonyl (C=O) groups excluding carboxylic acids is 2. The molecule has 0 aliphatic carbocycles. The van der Waals surface area contributed by atoms with Crippen LogP contribution in [0.2, 0.25) is 0 Å². The molecule has 0 unspecified atom stereocenters. The summed E-state index contributed by atoms with van der Waals surface area (Å²) in [4.78, 5) is 25.3. The number of likely N-dealkylation sites (N-methyl/N-ethyl adjacent to an activating group) is 1. The Morgan fingerprint density at radius 3 is 2.81 bits per heavy atom. The third kappa shape index (κ3) is 5.73. The summed E-state index contributed by atoms with van der Waals surface area (Å²) in [6.07, 6.45) is 0.735. The van der Waals surface area contributed by atoms with Crippen molar-refractivity contribution < 1.29 is 14.3 Å². The molecule has 0 spiro atoms. The highest BCUT2D eigenvalue weighted by Crippen LogP contribution is 2.19. The minimum Gasteiger partial charge on any atom is -0.398 e. The summed E-state index contributed by atoms with van der Waals surface area (Å²) in [5.41, 5.74) is 6.55. The molecule has 0 bridgehead atoms. The summed E-state index contributed by atoms with van der Waals surface area (Å²) in [5, 5.41) is 2.73. The van der Waals surface area contributed by atoms with E-state index in [1.165, 1.54) is 4.90 Å². The van der Waals surface area contributed by atoms with E-state index in [0.29, 0.717) is 24.4 Å². The molecule has 116 valence electrons. The number of benzene rings is 1. The van der Waals surface area contributed by atoms with Gasteiger partial charge in [-0.3, -0.25) is 9.59 Å². The number of ether oxygens (including phenoxy) is 1. The lowest BCUT2D eigenvalue weighted by Crippen LogP contribution is -2.39. The normalized spacial score (nSPS) is 10.2. The number of rotatable bonds is 7. The zero-order valence-corrected chi connectivity index (χ0v) is 13.8. The van der Waals surface area contributed by atoms with Crippen molar-refractivity contribution in [1.29, 1.82) is 0 Å². The Kier molecular flexibility index (Phi) is 7.18. The standard InChI is InChI=1S/C14H20BrN3O3/c1-18(9-13(19)17-6-3-7-21-2)14(20)11-8-10(15)4-5-12(11)16/h4-5,8H,3,6-7,9,16H2,1-2H3,(H,17,19). The molecule has 0 aromatic heterocycles. The second-order valence-corrected chi connectivity index (χ2v) is 5.50. The van der Waals surface area contributed by atoms with Crippen molar-refractivity contribution in [2.24, 2.45) is 0 Å². The SMILES string of the molecule is COCCCNC(=O)CN(C)C(=O)c1cc(Br)ccc1N. The number of anilines is 1. The van der Waals surface area contributed by atoms with Crippen LogP contribution in [0.3, 0.4) is 0 Å². The molecule has 0 aliphatic heterocycles. The monoisotopic (exact) mass is 357 g/mol. The minimum atomic E-state index is -0.291. The topological polar surface area (TPSA) is 84.7 Å². The predicted molar refractivity (Wildman–Crippen MR) is 85.0 cm³/mol. The van der Waals surface area contributed by atoms with Crippen LogP contribution in [0.4, 0.5) is 5.69 Å². The molecule has 0 fully saturated rings. The van der Waals surface area contributed by atoms with E-state index < -0.39 is 0 Å². The van der Waals surface area contributed by atoms with Gasteiger partial charge in [-0.05, 0) is 24.6 Å². The van der Waals surface area contributed by atoms with Crippen LogP contribution in [0, 0.1) is 0 Å². The van der Waals surface area contributed by atoms with E-state index >= 15 is 0 Å². The first-order chi connectivity index (χ1) is 9.95. The van der Waals surface area contributed by atoms with E-state index in [1.807, 2.05) is 0 Å². The first-order valence-electron chi connectivity index (χ1n) is 6.52. The number of amides is 2. The molecule has 0 saturated heterocycles. The first-order valence-corrected chi connectivity index (χ1v) is 7.31. The van der Waals surface area contributed by atoms with Crippen molar-refractivity contribution in [2.45, 2.75) is 6.42 Å². The molecule has 0 atom stereocenters. The molecule has 7 heteroatoms. The fraction of sp³-hybridized carbons (Fsp3) is 0.429. The Balaban J connectivity index is 2.54. The van der Waals surface area contributed by atoms with Crippen LogP contribution in [0.1, 0.15) is 16.8 Å². The largest absolute Gasteiger partial charge is 0.398 e. The Hall–Kier alpha value is -1.60. The van der Waals surface area contributed by atoms with E-state index in [0.717, 1.165) is 10.9 Å². The van der Waals surface area contributed by atoms with Gasteiger partial charge in [0.25, 0.3) is 5.91 Å². The third-order valence-electron chi connectivity index (χ3n) is 2.82. The van der Waals surface area contributed by atoms with Crippen molar-refractivity contribution >= 4 is 33.4 Å². The van der Waals surface area contributed by atoms with Crippen LogP contribution in [-0.4, -0.2) is 50.6 Å². The zero-order valence-electron chi connectivity index (χ0n) is 12.2. The number of nitrogens with one attached hydrogen (secondary N) is 1. The second kappa shape index (κ2) is 8.63. The van der Waals surface area contributed by atoms with E-state index in [4.69, 9.17) is 10.5 Å². The highest BCUT2D eigenvalue weighted by Gasteiger charge is 2.17. The van der Waals surface area contributed by atoms with Crippen LogP contribution in [0.15, 0.2) is 22.7 Å². The Labute approximate surface area is 132 Å². The summed E-state index contributed by atoms with van der Waals surface area (Å²) in [5.74, 6) is -0.503. The zero-order chi connectivity index (χ0) is 15.8. The summed E-state index contributed by atoms with van der Waals surface area (Å²) in [7, 11) is 3.17. The van der Waals surface area contributed by atoms with Gasteiger partial charge in [0.15, 0.2) is 0 Å². The van der Waals surface area contributed by atoms with Gasteiger partial charge in [-0.1, -0.05) is 15.9 Å². The van der Waals surface area contributed by atoms with Gasteiger partial charge in [0, 0.05) is 37.5 Å². The third-order valence-corrected chi connectivity index (χ3v) is 3.31. The van der Waals surface area contributed by atoms with Crippen LogP contribution in [0.25, 0.3) is 0 Å². The molecular formula is C14H20BrN3O3. The lowest BCUT2D eigenvalue weighted by molar-refractivity contribution is -0.121. The van der Waals surface area contributed by atoms with Crippen LogP contribution < -0.4 is 11.1 Å². The van der Waals surface area contributed by atoms with Crippen molar-refractivity contribution in [3.05, 3.63) is 28.2 Å². The molecular weight excluding hydrogens is 338 g/mol. The molecule has 0 heterocycles. The van der Waals surface area contributed by atoms with Gasteiger partial charge in [-0.2, -0.15) is 0 Å². The molecule has 1 rings (SSSR count). The number of nitrogen functional groups attached to an aromatic ring is 1. The number of halogens is 1. The van der Waals surface area contributed by atoms with E-state index in [9.17, 15) is 9.59 Å². The maximum absolute atomic E-state index is 12.3. The van der Waals surface area contributed by atoms with Gasteiger partial charge in [-0.25, -0.2) is 0 Å². The van der Waals surface area contributed by atoms with Gasteiger partial charge in [-0.15, -0.1) is 0 Å². The molecule has 6 nitrogen and oxygen atoms in total. The quantitative estimate of drug-likeness (QED) is 0.568. The minimum absolute atomic E-state index is 0.0161. The van der Waals surface area contributed by atoms with Crippen LogP contribution in [-0.2, 0) is 9.53 Å². The average molecular weight is 358 g/mol. The summed E-state index contributed by atoms with van der Waals surface area (Å²) in [6.45, 7) is 1.09. The van der Waals surface area contributed by atoms with Crippen LogP contribution in [0.5, 0.6) is 0 Å². The summed E-state index contributed by atoms with van der Waals surface area (Å²) >= 11 is 3.30. The van der Waals surface area contributed by atoms with Gasteiger partial charge in [0.2, 0.25) is 5.91 Å². The highest BCUT2D eigenvalue weighted by atomic mass is 79.9. The molecule has 1 aromatic carbocycles. The van der Waals surface area contributed by atoms with Crippen molar-refractivity contribution in [3.63, 3.8) is 0 Å². The van der Waals surface area contributed by atoms with Crippen molar-refractivity contribution in [1.82, 2.24) is 10.2 Å². The highest BCUT2D eigenvalue weighted by molar-refractivity contribution is 9.10. The maximum Gasteiger partial charge on any atom is 0.256 e. The average Bonchev–Trinajstić information content (AvgIpc) is 2.45. The number of nitrogens with zero attached hydrogens (tertiary/aromatic N) is 1. The maximum atomic E-state index is 12.3.